The highest BCUT2D eigenvalue weighted by molar-refractivity contribution is 5.98. The molecule has 0 N–H and O–H groups in total. The van der Waals surface area contributed by atoms with E-state index in [0.717, 1.165) is 16.3 Å². The second-order valence-corrected chi connectivity index (χ2v) is 6.03. The van der Waals surface area contributed by atoms with Crippen LogP contribution in [0.1, 0.15) is 19.4 Å². The second-order valence-electron chi connectivity index (χ2n) is 6.03. The number of ether oxygens (including phenoxy) is 1. The van der Waals surface area contributed by atoms with Gasteiger partial charge in [-0.25, -0.2) is 4.79 Å². The molecule has 120 valence electrons. The van der Waals surface area contributed by atoms with Gasteiger partial charge in [-0.05, 0) is 29.0 Å². The van der Waals surface area contributed by atoms with Crippen LogP contribution >= 0.6 is 0 Å². The maximum atomic E-state index is 12.7. The molecule has 0 saturated carbocycles. The van der Waals surface area contributed by atoms with Crippen LogP contribution in [-0.2, 0) is 4.79 Å². The van der Waals surface area contributed by atoms with Gasteiger partial charge in [0.15, 0.2) is 0 Å². The summed E-state index contributed by atoms with van der Waals surface area (Å²) in [5.74, 6) is 0.371. The molecular weight excluding hydrogens is 296 g/mol. The lowest BCUT2D eigenvalue weighted by molar-refractivity contribution is -0.130. The average Bonchev–Trinajstić information content (AvgIpc) is 2.60. The van der Waals surface area contributed by atoms with E-state index in [9.17, 15) is 4.79 Å². The van der Waals surface area contributed by atoms with Crippen molar-refractivity contribution in [2.24, 2.45) is 5.92 Å². The van der Waals surface area contributed by atoms with E-state index in [1.807, 2.05) is 92.7 Å². The Kier molecular flexibility index (Phi) is 4.76. The molecule has 3 rings (SSSR count). The Morgan fingerprint density at radius 2 is 1.54 bits per heavy atom. The minimum absolute atomic E-state index is 0.0766. The summed E-state index contributed by atoms with van der Waals surface area (Å²) in [4.78, 5) is 12.7. The third-order valence-electron chi connectivity index (χ3n) is 3.93. The number of benzene rings is 3. The molecule has 2 heteroatoms. The molecule has 0 heterocycles. The summed E-state index contributed by atoms with van der Waals surface area (Å²) in [5, 5.41) is 2.00. The smallest absolute Gasteiger partial charge is 0.339 e. The van der Waals surface area contributed by atoms with Crippen LogP contribution in [0.4, 0.5) is 0 Å². The average molecular weight is 316 g/mol. The molecule has 24 heavy (non-hydrogen) atoms. The van der Waals surface area contributed by atoms with Crippen LogP contribution in [-0.4, -0.2) is 5.97 Å². The first-order valence-corrected chi connectivity index (χ1v) is 8.12. The van der Waals surface area contributed by atoms with Gasteiger partial charge in [-0.1, -0.05) is 80.6 Å². The quantitative estimate of drug-likeness (QED) is 0.362. The fourth-order valence-electron chi connectivity index (χ4n) is 2.63. The summed E-state index contributed by atoms with van der Waals surface area (Å²) in [5.41, 5.74) is 1.66. The van der Waals surface area contributed by atoms with Crippen molar-refractivity contribution in [2.45, 2.75) is 13.8 Å². The predicted molar refractivity (Wildman–Crippen MR) is 98.8 cm³/mol. The normalized spacial score (nSPS) is 11.7. The predicted octanol–water partition coefficient (Wildman–Crippen LogP) is 5.48. The van der Waals surface area contributed by atoms with Gasteiger partial charge in [0.25, 0.3) is 0 Å². The van der Waals surface area contributed by atoms with E-state index in [1.165, 1.54) is 0 Å². The first-order valence-electron chi connectivity index (χ1n) is 8.12. The molecule has 3 aromatic carbocycles. The largest absolute Gasteiger partial charge is 0.422 e. The van der Waals surface area contributed by atoms with Gasteiger partial charge in [-0.2, -0.15) is 0 Å². The van der Waals surface area contributed by atoms with Crippen molar-refractivity contribution in [3.63, 3.8) is 0 Å². The van der Waals surface area contributed by atoms with Crippen LogP contribution in [0.5, 0.6) is 5.75 Å². The topological polar surface area (TPSA) is 26.3 Å². The van der Waals surface area contributed by atoms with Crippen molar-refractivity contribution in [3.8, 4) is 5.75 Å². The number of carbonyl (C=O) groups is 1. The molecule has 0 spiro atoms. The molecule has 0 atom stereocenters. The van der Waals surface area contributed by atoms with Crippen molar-refractivity contribution < 1.29 is 9.53 Å². The lowest BCUT2D eigenvalue weighted by atomic mass is 10.0. The standard InChI is InChI=1S/C22H20O2/c1-16(2)20(15-17-9-4-3-5-10-17)22(23)24-21-14-8-12-18-11-6-7-13-19(18)21/h3-16H,1-2H3. The Morgan fingerprint density at radius 3 is 2.29 bits per heavy atom. The minimum atomic E-state index is -0.301. The van der Waals surface area contributed by atoms with E-state index >= 15 is 0 Å². The van der Waals surface area contributed by atoms with E-state index in [4.69, 9.17) is 4.74 Å². The minimum Gasteiger partial charge on any atom is -0.422 e. The molecule has 0 aromatic heterocycles. The van der Waals surface area contributed by atoms with Crippen molar-refractivity contribution >= 4 is 22.8 Å². The summed E-state index contributed by atoms with van der Waals surface area (Å²) >= 11 is 0. The van der Waals surface area contributed by atoms with Crippen LogP contribution in [0, 0.1) is 5.92 Å². The number of esters is 1. The molecule has 2 nitrogen and oxygen atoms in total. The molecule has 0 bridgehead atoms. The molecule has 0 saturated heterocycles. The Balaban J connectivity index is 1.93. The molecule has 0 fully saturated rings. The summed E-state index contributed by atoms with van der Waals surface area (Å²) in [6.07, 6.45) is 1.90. The third-order valence-corrected chi connectivity index (χ3v) is 3.93. The van der Waals surface area contributed by atoms with Crippen molar-refractivity contribution in [1.29, 1.82) is 0 Å². The molecule has 3 aromatic rings. The molecular formula is C22H20O2. The highest BCUT2D eigenvalue weighted by atomic mass is 16.5. The fourth-order valence-corrected chi connectivity index (χ4v) is 2.63. The highest BCUT2D eigenvalue weighted by Crippen LogP contribution is 2.27. The second kappa shape index (κ2) is 7.14. The summed E-state index contributed by atoms with van der Waals surface area (Å²) in [7, 11) is 0. The molecule has 0 amide bonds. The van der Waals surface area contributed by atoms with Gasteiger partial charge in [0, 0.05) is 11.0 Å². The van der Waals surface area contributed by atoms with Gasteiger partial charge in [0.05, 0.1) is 0 Å². The van der Waals surface area contributed by atoms with Gasteiger partial charge in [-0.3, -0.25) is 0 Å². The van der Waals surface area contributed by atoms with Crippen molar-refractivity contribution in [3.05, 3.63) is 83.9 Å². The van der Waals surface area contributed by atoms with Gasteiger partial charge in [-0.15, -0.1) is 0 Å². The molecule has 0 radical (unpaired) electrons. The monoisotopic (exact) mass is 316 g/mol. The summed E-state index contributed by atoms with van der Waals surface area (Å²) in [6.45, 7) is 4.00. The summed E-state index contributed by atoms with van der Waals surface area (Å²) < 4.78 is 5.72. The van der Waals surface area contributed by atoms with E-state index in [1.54, 1.807) is 0 Å². The Labute approximate surface area is 142 Å². The van der Waals surface area contributed by atoms with E-state index in [2.05, 4.69) is 0 Å². The Bertz CT molecular complexity index is 871. The zero-order valence-corrected chi connectivity index (χ0v) is 13.9. The number of hydrogen-bond acceptors (Lipinski definition) is 2. The Hall–Kier alpha value is -2.87. The van der Waals surface area contributed by atoms with Crippen LogP contribution in [0.2, 0.25) is 0 Å². The fraction of sp³-hybridized carbons (Fsp3) is 0.136. The van der Waals surface area contributed by atoms with Crippen molar-refractivity contribution in [2.75, 3.05) is 0 Å². The van der Waals surface area contributed by atoms with Gasteiger partial charge < -0.3 is 4.74 Å². The van der Waals surface area contributed by atoms with E-state index < -0.39 is 0 Å². The lowest BCUT2D eigenvalue weighted by Gasteiger charge is -2.13. The van der Waals surface area contributed by atoms with E-state index in [-0.39, 0.29) is 11.9 Å². The number of rotatable bonds is 4. The zero-order valence-electron chi connectivity index (χ0n) is 13.9. The SMILES string of the molecule is CC(C)C(=Cc1ccccc1)C(=O)Oc1cccc2ccccc12. The number of fused-ring (bicyclic) bond motifs is 1. The van der Waals surface area contributed by atoms with Crippen LogP contribution in [0.25, 0.3) is 16.8 Å². The third kappa shape index (κ3) is 3.54. The van der Waals surface area contributed by atoms with Crippen molar-refractivity contribution in [1.82, 2.24) is 0 Å². The number of hydrogen-bond donors (Lipinski definition) is 0. The Morgan fingerprint density at radius 1 is 0.875 bits per heavy atom. The van der Waals surface area contributed by atoms with E-state index in [0.29, 0.717) is 11.3 Å². The zero-order chi connectivity index (χ0) is 16.9. The molecule has 0 unspecified atom stereocenters. The summed E-state index contributed by atoms with van der Waals surface area (Å²) in [6, 6.07) is 23.5. The van der Waals surface area contributed by atoms with Crippen LogP contribution in [0.3, 0.4) is 0 Å². The molecule has 0 aliphatic heterocycles. The van der Waals surface area contributed by atoms with Gasteiger partial charge >= 0.3 is 5.97 Å². The van der Waals surface area contributed by atoms with Crippen LogP contribution in [0.15, 0.2) is 78.4 Å². The molecule has 0 aliphatic rings. The molecule has 0 aliphatic carbocycles. The maximum absolute atomic E-state index is 12.7. The highest BCUT2D eigenvalue weighted by Gasteiger charge is 2.17. The van der Waals surface area contributed by atoms with Crippen LogP contribution < -0.4 is 4.74 Å². The van der Waals surface area contributed by atoms with Gasteiger partial charge in [0.2, 0.25) is 0 Å². The maximum Gasteiger partial charge on any atom is 0.339 e. The lowest BCUT2D eigenvalue weighted by Crippen LogP contribution is -2.15. The first kappa shape index (κ1) is 16.0. The van der Waals surface area contributed by atoms with Gasteiger partial charge in [0.1, 0.15) is 5.75 Å². The first-order chi connectivity index (χ1) is 11.6. The number of carbonyl (C=O) groups excluding carboxylic acids is 1.